The number of carbonyl (C=O) groups is 3. The molecular weight excluding hydrogens is 368 g/mol. The van der Waals surface area contributed by atoms with E-state index in [0.717, 1.165) is 0 Å². The third-order valence-corrected chi connectivity index (χ3v) is 4.52. The van der Waals surface area contributed by atoms with E-state index in [1.807, 2.05) is 6.92 Å². The Hall–Kier alpha value is -3.21. The topological polar surface area (TPSA) is 132 Å². The minimum Gasteiger partial charge on any atom is -0.478 e. The molecule has 2 aromatic rings. The van der Waals surface area contributed by atoms with E-state index < -0.39 is 17.9 Å². The number of nitrogens with one attached hydrogen (secondary N) is 1. The lowest BCUT2D eigenvalue weighted by molar-refractivity contribution is -0.119. The molecule has 0 saturated carbocycles. The highest BCUT2D eigenvalue weighted by Gasteiger charge is 2.27. The summed E-state index contributed by atoms with van der Waals surface area (Å²) < 4.78 is 8.07. The van der Waals surface area contributed by atoms with Crippen molar-refractivity contribution in [3.63, 3.8) is 0 Å². The SMILES string of the molecule is CCn1ncc(NC(=O)C(C)n2cc(C(=O)O)cn2)c1C(=O)N1CCOCC1. The molecular formula is C17H22N6O5. The van der Waals surface area contributed by atoms with E-state index in [4.69, 9.17) is 9.84 Å². The molecule has 0 aliphatic carbocycles. The van der Waals surface area contributed by atoms with Gasteiger partial charge in [-0.05, 0) is 13.8 Å². The van der Waals surface area contributed by atoms with Crippen LogP contribution in [0.2, 0.25) is 0 Å². The van der Waals surface area contributed by atoms with Gasteiger partial charge in [0.1, 0.15) is 11.7 Å². The summed E-state index contributed by atoms with van der Waals surface area (Å²) in [6.45, 7) is 5.80. The molecule has 11 heteroatoms. The lowest BCUT2D eigenvalue weighted by Gasteiger charge is -2.27. The zero-order valence-electron chi connectivity index (χ0n) is 15.7. The first-order chi connectivity index (χ1) is 13.4. The third kappa shape index (κ3) is 3.88. The minimum atomic E-state index is -1.12. The van der Waals surface area contributed by atoms with Crippen LogP contribution in [0.15, 0.2) is 18.6 Å². The van der Waals surface area contributed by atoms with E-state index in [1.54, 1.807) is 11.8 Å². The van der Waals surface area contributed by atoms with Gasteiger partial charge in [0.05, 0.1) is 36.9 Å². The first-order valence-corrected chi connectivity index (χ1v) is 8.93. The van der Waals surface area contributed by atoms with Crippen molar-refractivity contribution in [1.29, 1.82) is 0 Å². The van der Waals surface area contributed by atoms with Crippen molar-refractivity contribution in [2.24, 2.45) is 0 Å². The van der Waals surface area contributed by atoms with Crippen LogP contribution in [-0.2, 0) is 16.1 Å². The number of ether oxygens (including phenoxy) is 1. The molecule has 11 nitrogen and oxygen atoms in total. The second kappa shape index (κ2) is 8.21. The second-order valence-electron chi connectivity index (χ2n) is 6.31. The lowest BCUT2D eigenvalue weighted by Crippen LogP contribution is -2.42. The number of amides is 2. The predicted molar refractivity (Wildman–Crippen MR) is 97.2 cm³/mol. The fraction of sp³-hybridized carbons (Fsp3) is 0.471. The number of rotatable bonds is 6. The number of anilines is 1. The van der Waals surface area contributed by atoms with E-state index in [2.05, 4.69) is 15.5 Å². The normalized spacial score (nSPS) is 15.3. The monoisotopic (exact) mass is 390 g/mol. The standard InChI is InChI=1S/C17H22N6O5/c1-3-22-14(16(25)21-4-6-28-7-5-21)13(9-19-22)20-15(24)11(2)23-10-12(8-18-23)17(26)27/h8-11H,3-7H2,1-2H3,(H,20,24)(H,26,27). The van der Waals surface area contributed by atoms with Crippen LogP contribution >= 0.6 is 0 Å². The number of hydrogen-bond donors (Lipinski definition) is 2. The minimum absolute atomic E-state index is 0.0124. The number of carboxylic acid groups (broad SMARTS) is 1. The van der Waals surface area contributed by atoms with E-state index >= 15 is 0 Å². The van der Waals surface area contributed by atoms with E-state index in [0.29, 0.717) is 44.2 Å². The van der Waals surface area contributed by atoms with Gasteiger partial charge in [0.2, 0.25) is 5.91 Å². The Kier molecular flexibility index (Phi) is 5.73. The number of carboxylic acids is 1. The fourth-order valence-corrected chi connectivity index (χ4v) is 2.88. The number of aryl methyl sites for hydroxylation is 1. The molecule has 1 unspecified atom stereocenters. The highest BCUT2D eigenvalue weighted by Crippen LogP contribution is 2.20. The summed E-state index contributed by atoms with van der Waals surface area (Å²) in [7, 11) is 0. The molecule has 0 radical (unpaired) electrons. The summed E-state index contributed by atoms with van der Waals surface area (Å²) in [5.41, 5.74) is 0.596. The van der Waals surface area contributed by atoms with Crippen LogP contribution in [0.25, 0.3) is 0 Å². The zero-order valence-corrected chi connectivity index (χ0v) is 15.7. The summed E-state index contributed by atoms with van der Waals surface area (Å²) in [5.74, 6) is -1.79. The van der Waals surface area contributed by atoms with Crippen LogP contribution in [0.5, 0.6) is 0 Å². The van der Waals surface area contributed by atoms with E-state index in [9.17, 15) is 14.4 Å². The number of morpholine rings is 1. The first-order valence-electron chi connectivity index (χ1n) is 8.93. The van der Waals surface area contributed by atoms with Crippen LogP contribution in [0.3, 0.4) is 0 Å². The molecule has 0 aromatic carbocycles. The van der Waals surface area contributed by atoms with Crippen molar-refractivity contribution in [1.82, 2.24) is 24.5 Å². The van der Waals surface area contributed by atoms with Crippen molar-refractivity contribution < 1.29 is 24.2 Å². The molecule has 1 aliphatic rings. The lowest BCUT2D eigenvalue weighted by atomic mass is 10.2. The molecule has 0 spiro atoms. The van der Waals surface area contributed by atoms with Gasteiger partial charge in [-0.25, -0.2) is 4.79 Å². The van der Waals surface area contributed by atoms with Gasteiger partial charge in [-0.15, -0.1) is 0 Å². The molecule has 150 valence electrons. The summed E-state index contributed by atoms with van der Waals surface area (Å²) >= 11 is 0. The Morgan fingerprint density at radius 3 is 2.57 bits per heavy atom. The second-order valence-corrected chi connectivity index (χ2v) is 6.31. The first kappa shape index (κ1) is 19.5. The van der Waals surface area contributed by atoms with Gasteiger partial charge in [-0.1, -0.05) is 0 Å². The van der Waals surface area contributed by atoms with Gasteiger partial charge in [0, 0.05) is 25.8 Å². The molecule has 2 aromatic heterocycles. The maximum Gasteiger partial charge on any atom is 0.338 e. The van der Waals surface area contributed by atoms with Crippen LogP contribution in [-0.4, -0.2) is 73.7 Å². The quantitative estimate of drug-likeness (QED) is 0.733. The summed E-state index contributed by atoms with van der Waals surface area (Å²) in [5, 5.41) is 19.8. The van der Waals surface area contributed by atoms with E-state index in [1.165, 1.54) is 28.0 Å². The molecule has 3 rings (SSSR count). The average Bonchev–Trinajstić information content (AvgIpc) is 3.34. The maximum absolute atomic E-state index is 12.9. The molecule has 2 N–H and O–H groups in total. The molecule has 28 heavy (non-hydrogen) atoms. The number of aromatic carboxylic acids is 1. The highest BCUT2D eigenvalue weighted by atomic mass is 16.5. The number of aromatic nitrogens is 4. The number of nitrogens with zero attached hydrogens (tertiary/aromatic N) is 5. The molecule has 1 aliphatic heterocycles. The zero-order chi connectivity index (χ0) is 20.3. The summed E-state index contributed by atoms with van der Waals surface area (Å²) in [6.07, 6.45) is 3.89. The number of carbonyl (C=O) groups excluding carboxylic acids is 2. The summed E-state index contributed by atoms with van der Waals surface area (Å²) in [6, 6.07) is -0.774. The maximum atomic E-state index is 12.9. The molecule has 1 atom stereocenters. The van der Waals surface area contributed by atoms with E-state index in [-0.39, 0.29) is 11.5 Å². The molecule has 1 fully saturated rings. The van der Waals surface area contributed by atoms with Crippen LogP contribution < -0.4 is 5.32 Å². The van der Waals surface area contributed by atoms with Crippen molar-refractivity contribution in [3.05, 3.63) is 29.8 Å². The number of hydrogen-bond acceptors (Lipinski definition) is 6. The van der Waals surface area contributed by atoms with Crippen molar-refractivity contribution in [2.45, 2.75) is 26.4 Å². The largest absolute Gasteiger partial charge is 0.478 e. The summed E-state index contributed by atoms with van der Waals surface area (Å²) in [4.78, 5) is 38.2. The van der Waals surface area contributed by atoms with Crippen LogP contribution in [0.4, 0.5) is 5.69 Å². The molecule has 3 heterocycles. The Morgan fingerprint density at radius 1 is 1.25 bits per heavy atom. The Labute approximate surface area is 160 Å². The molecule has 0 bridgehead atoms. The van der Waals surface area contributed by atoms with Crippen molar-refractivity contribution in [2.75, 3.05) is 31.6 Å². The predicted octanol–water partition coefficient (Wildman–Crippen LogP) is 0.470. The van der Waals surface area contributed by atoms with Crippen LogP contribution in [0, 0.1) is 0 Å². The van der Waals surface area contributed by atoms with Gasteiger partial charge in [-0.3, -0.25) is 19.0 Å². The smallest absolute Gasteiger partial charge is 0.338 e. The Balaban J connectivity index is 1.79. The fourth-order valence-electron chi connectivity index (χ4n) is 2.88. The average molecular weight is 390 g/mol. The van der Waals surface area contributed by atoms with Crippen molar-refractivity contribution >= 4 is 23.5 Å². The van der Waals surface area contributed by atoms with Gasteiger partial charge >= 0.3 is 5.97 Å². The van der Waals surface area contributed by atoms with Gasteiger partial charge in [0.15, 0.2) is 0 Å². The van der Waals surface area contributed by atoms with Gasteiger partial charge in [-0.2, -0.15) is 10.2 Å². The third-order valence-electron chi connectivity index (χ3n) is 4.52. The Bertz CT molecular complexity index is 882. The molecule has 1 saturated heterocycles. The Morgan fingerprint density at radius 2 is 1.96 bits per heavy atom. The highest BCUT2D eigenvalue weighted by molar-refractivity contribution is 6.03. The van der Waals surface area contributed by atoms with Crippen molar-refractivity contribution in [3.8, 4) is 0 Å². The van der Waals surface area contributed by atoms with Gasteiger partial charge in [0.25, 0.3) is 5.91 Å². The molecule has 2 amide bonds. The van der Waals surface area contributed by atoms with Gasteiger partial charge < -0.3 is 20.1 Å². The van der Waals surface area contributed by atoms with Crippen LogP contribution in [0.1, 0.15) is 40.7 Å².